The SMILES string of the molecule is CC(=O)CCC(=O)[C@H](CS)NC(=O)CCC(=O)[C@H](CS)NC(=O)CCC(=O)[C@H](CS)NC(=O)CCC(=O)[C@H](CS)NC(=O)CCC(=O)[C@H](CS)NC(C)=O. The van der Waals surface area contributed by atoms with Crippen LogP contribution in [-0.4, -0.2) is 123 Å². The summed E-state index contributed by atoms with van der Waals surface area (Å²) in [7, 11) is 0. The molecule has 304 valence electrons. The van der Waals surface area contributed by atoms with E-state index in [0.29, 0.717) is 0 Å². The molecule has 5 atom stereocenters. The fourth-order valence-electron chi connectivity index (χ4n) is 4.57. The molecule has 0 unspecified atom stereocenters. The van der Waals surface area contributed by atoms with Crippen LogP contribution in [0.2, 0.25) is 0 Å². The van der Waals surface area contributed by atoms with Gasteiger partial charge in [0, 0.05) is 99.9 Å². The van der Waals surface area contributed by atoms with Crippen LogP contribution in [0.4, 0.5) is 0 Å². The Hall–Kier alpha value is -2.88. The Labute approximate surface area is 342 Å². The average molecular weight is 854 g/mol. The van der Waals surface area contributed by atoms with Crippen molar-refractivity contribution < 1.29 is 52.7 Å². The van der Waals surface area contributed by atoms with E-state index in [1.807, 2.05) is 0 Å². The second kappa shape index (κ2) is 28.5. The van der Waals surface area contributed by atoms with Gasteiger partial charge in [0.1, 0.15) is 5.78 Å². The Morgan fingerprint density at radius 3 is 0.722 bits per heavy atom. The lowest BCUT2D eigenvalue weighted by Crippen LogP contribution is -2.45. The summed E-state index contributed by atoms with van der Waals surface area (Å²) in [5.41, 5.74) is 0. The van der Waals surface area contributed by atoms with Crippen LogP contribution in [-0.2, 0) is 52.7 Å². The van der Waals surface area contributed by atoms with Gasteiger partial charge in [0.25, 0.3) is 0 Å². The zero-order chi connectivity index (χ0) is 41.4. The van der Waals surface area contributed by atoms with Crippen molar-refractivity contribution in [3.05, 3.63) is 0 Å². The van der Waals surface area contributed by atoms with Gasteiger partial charge in [0.2, 0.25) is 29.5 Å². The number of thiol groups is 5. The van der Waals surface area contributed by atoms with Gasteiger partial charge in [-0.15, -0.1) is 0 Å². The number of rotatable bonds is 30. The monoisotopic (exact) mass is 853 g/mol. The molecule has 16 nitrogen and oxygen atoms in total. The molecule has 0 aliphatic carbocycles. The highest BCUT2D eigenvalue weighted by molar-refractivity contribution is 7.81. The Bertz CT molecular complexity index is 1380. The van der Waals surface area contributed by atoms with Crippen molar-refractivity contribution in [2.24, 2.45) is 0 Å². The van der Waals surface area contributed by atoms with Gasteiger partial charge < -0.3 is 31.4 Å². The van der Waals surface area contributed by atoms with Crippen LogP contribution in [0.1, 0.15) is 78.1 Å². The highest BCUT2D eigenvalue weighted by Gasteiger charge is 2.26. The maximum absolute atomic E-state index is 12.8. The third-order valence-corrected chi connectivity index (χ3v) is 9.52. The second-order valence-electron chi connectivity index (χ2n) is 12.2. The number of Topliss-reactive ketones (excluding diaryl/α,β-unsaturated/α-hetero) is 6. The normalized spacial score (nSPS) is 13.5. The van der Waals surface area contributed by atoms with Crippen molar-refractivity contribution >= 4 is 127 Å². The molecule has 0 aliphatic heterocycles. The van der Waals surface area contributed by atoms with E-state index in [2.05, 4.69) is 89.7 Å². The lowest BCUT2D eigenvalue weighted by molar-refractivity contribution is -0.131. The van der Waals surface area contributed by atoms with E-state index in [0.717, 1.165) is 0 Å². The second-order valence-corrected chi connectivity index (χ2v) is 14.0. The Balaban J connectivity index is 4.80. The molecule has 0 fully saturated rings. The molecule has 0 saturated carbocycles. The number of carbonyl (C=O) groups is 11. The first kappa shape index (κ1) is 51.1. The van der Waals surface area contributed by atoms with Crippen LogP contribution >= 0.6 is 63.1 Å². The molecule has 54 heavy (non-hydrogen) atoms. The van der Waals surface area contributed by atoms with Crippen molar-refractivity contribution in [2.75, 3.05) is 28.8 Å². The number of ketones is 6. The summed E-state index contributed by atoms with van der Waals surface area (Å²) < 4.78 is 0. The molecule has 5 N–H and O–H groups in total. The van der Waals surface area contributed by atoms with Gasteiger partial charge in [-0.3, -0.25) is 47.9 Å². The summed E-state index contributed by atoms with van der Waals surface area (Å²) in [6.45, 7) is 2.59. The molecular weight excluding hydrogens is 803 g/mol. The largest absolute Gasteiger partial charge is 0.346 e. The fourth-order valence-corrected chi connectivity index (χ4v) is 6.04. The molecule has 0 bridgehead atoms. The van der Waals surface area contributed by atoms with E-state index in [-0.39, 0.29) is 105 Å². The van der Waals surface area contributed by atoms with Crippen molar-refractivity contribution in [2.45, 2.75) is 108 Å². The highest BCUT2D eigenvalue weighted by atomic mass is 32.1. The number of hydrogen-bond acceptors (Lipinski definition) is 16. The van der Waals surface area contributed by atoms with E-state index in [1.165, 1.54) is 13.8 Å². The Morgan fingerprint density at radius 2 is 0.537 bits per heavy atom. The molecule has 21 heteroatoms. The summed E-state index contributed by atoms with van der Waals surface area (Å²) in [5, 5.41) is 12.3. The summed E-state index contributed by atoms with van der Waals surface area (Å²) in [5.74, 6) is -5.62. The van der Waals surface area contributed by atoms with Gasteiger partial charge in [0.05, 0.1) is 30.2 Å². The van der Waals surface area contributed by atoms with Gasteiger partial charge in [-0.25, -0.2) is 0 Å². The first-order chi connectivity index (χ1) is 25.4. The summed E-state index contributed by atoms with van der Waals surface area (Å²) in [6.07, 6.45) is -2.28. The lowest BCUT2D eigenvalue weighted by atomic mass is 10.1. The zero-order valence-corrected chi connectivity index (χ0v) is 34.7. The lowest BCUT2D eigenvalue weighted by Gasteiger charge is -2.18. The van der Waals surface area contributed by atoms with Crippen LogP contribution in [0.25, 0.3) is 0 Å². The fraction of sp³-hybridized carbons (Fsp3) is 0.667. The minimum absolute atomic E-state index is 0.00833. The molecule has 0 saturated heterocycles. The van der Waals surface area contributed by atoms with E-state index < -0.39 is 82.9 Å². The van der Waals surface area contributed by atoms with Gasteiger partial charge in [-0.05, 0) is 6.92 Å². The summed E-state index contributed by atoms with van der Waals surface area (Å²) in [4.78, 5) is 135. The third kappa shape index (κ3) is 21.9. The molecule has 0 aromatic carbocycles. The van der Waals surface area contributed by atoms with Crippen LogP contribution in [0.15, 0.2) is 0 Å². The molecule has 0 aliphatic rings. The highest BCUT2D eigenvalue weighted by Crippen LogP contribution is 2.07. The van der Waals surface area contributed by atoms with Gasteiger partial charge in [0.15, 0.2) is 28.9 Å². The minimum Gasteiger partial charge on any atom is -0.346 e. The molecular formula is C33H51N5O11S5. The van der Waals surface area contributed by atoms with Crippen molar-refractivity contribution in [3.8, 4) is 0 Å². The number of carbonyl (C=O) groups excluding carboxylic acids is 11. The maximum atomic E-state index is 12.8. The molecule has 0 heterocycles. The first-order valence-electron chi connectivity index (χ1n) is 17.0. The Morgan fingerprint density at radius 1 is 0.333 bits per heavy atom. The first-order valence-corrected chi connectivity index (χ1v) is 20.2. The van der Waals surface area contributed by atoms with E-state index in [1.54, 1.807) is 0 Å². The summed E-state index contributed by atoms with van der Waals surface area (Å²) in [6, 6.07) is -4.97. The molecule has 0 radical (unpaired) electrons. The maximum Gasteiger partial charge on any atom is 0.221 e. The number of nitrogens with one attached hydrogen (secondary N) is 5. The Kier molecular flexibility index (Phi) is 27.0. The average Bonchev–Trinajstić information content (AvgIpc) is 3.13. The zero-order valence-electron chi connectivity index (χ0n) is 30.2. The molecule has 0 aromatic rings. The standard InChI is InChI=1S/C33H51N5O11S5/c1-18(39)3-4-25(41)21(14-51)35-31(47)10-6-27(43)23(16-53)37-33(49)12-8-29(45)24(17-54)38-32(48)11-7-28(44)22(15-52)36-30(46)9-5-26(42)20(13-50)34-19(2)40/h20-24,50-54H,3-17H2,1-2H3,(H,34,40)(H,35,47)(H,36,46)(H,37,49)(H,38,48)/t20-,21-,22-,23-,24-/m0/s1. The van der Waals surface area contributed by atoms with E-state index >= 15 is 0 Å². The predicted molar refractivity (Wildman–Crippen MR) is 216 cm³/mol. The van der Waals surface area contributed by atoms with Gasteiger partial charge in [-0.1, -0.05) is 0 Å². The van der Waals surface area contributed by atoms with Crippen molar-refractivity contribution in [1.29, 1.82) is 0 Å². The van der Waals surface area contributed by atoms with Crippen LogP contribution in [0, 0.1) is 0 Å². The van der Waals surface area contributed by atoms with Crippen LogP contribution < -0.4 is 26.6 Å². The van der Waals surface area contributed by atoms with E-state index in [4.69, 9.17) is 0 Å². The van der Waals surface area contributed by atoms with Crippen molar-refractivity contribution in [1.82, 2.24) is 26.6 Å². The summed E-state index contributed by atoms with van der Waals surface area (Å²) >= 11 is 20.4. The molecule has 0 rings (SSSR count). The number of amides is 5. The smallest absolute Gasteiger partial charge is 0.221 e. The minimum atomic E-state index is -1.09. The third-order valence-electron chi connectivity index (χ3n) is 7.69. The predicted octanol–water partition coefficient (Wildman–Crippen LogP) is -0.585. The topological polar surface area (TPSA) is 248 Å². The van der Waals surface area contributed by atoms with Gasteiger partial charge >= 0.3 is 0 Å². The van der Waals surface area contributed by atoms with E-state index in [9.17, 15) is 52.7 Å². The molecule has 5 amide bonds. The van der Waals surface area contributed by atoms with Crippen LogP contribution in [0.3, 0.4) is 0 Å². The quantitative estimate of drug-likeness (QED) is 0.0410. The van der Waals surface area contributed by atoms with Gasteiger partial charge in [-0.2, -0.15) is 63.1 Å². The number of hydrogen-bond donors (Lipinski definition) is 10. The molecule has 0 spiro atoms. The molecule has 0 aromatic heterocycles. The van der Waals surface area contributed by atoms with Crippen LogP contribution in [0.5, 0.6) is 0 Å². The van der Waals surface area contributed by atoms with Crippen molar-refractivity contribution in [3.63, 3.8) is 0 Å².